The van der Waals surface area contributed by atoms with Crippen molar-refractivity contribution in [2.45, 2.75) is 19.4 Å². The minimum absolute atomic E-state index is 0.0669. The van der Waals surface area contributed by atoms with E-state index in [1.165, 1.54) is 5.56 Å². The summed E-state index contributed by atoms with van der Waals surface area (Å²) >= 11 is 1.74. The summed E-state index contributed by atoms with van der Waals surface area (Å²) in [5, 5.41) is 10.6. The van der Waals surface area contributed by atoms with Crippen LogP contribution in [-0.2, 0) is 6.42 Å². The number of hydrogen-bond donors (Lipinski definition) is 2. The summed E-state index contributed by atoms with van der Waals surface area (Å²) in [5.74, 6) is 0. The van der Waals surface area contributed by atoms with Crippen LogP contribution in [0, 0.1) is 0 Å². The molecule has 2 rings (SSSR count). The molecule has 1 aliphatic heterocycles. The molecule has 1 atom stereocenters. The Morgan fingerprint density at radius 3 is 3.18 bits per heavy atom. The third-order valence-electron chi connectivity index (χ3n) is 2.94. The van der Waals surface area contributed by atoms with Crippen LogP contribution in [0.1, 0.15) is 12.5 Å². The number of nitrogens with zero attached hydrogens (tertiary/aromatic N) is 1. The van der Waals surface area contributed by atoms with E-state index in [-0.39, 0.29) is 6.03 Å². The van der Waals surface area contributed by atoms with Crippen LogP contribution < -0.4 is 10.6 Å². The van der Waals surface area contributed by atoms with Crippen molar-refractivity contribution in [1.29, 1.82) is 0 Å². The lowest BCUT2D eigenvalue weighted by Gasteiger charge is -2.17. The van der Waals surface area contributed by atoms with Gasteiger partial charge in [-0.3, -0.25) is 0 Å². The molecule has 1 aromatic heterocycles. The summed E-state index contributed by atoms with van der Waals surface area (Å²) < 4.78 is 0. The Hall–Kier alpha value is -1.07. The van der Waals surface area contributed by atoms with Crippen LogP contribution in [0.2, 0.25) is 0 Å². The minimum Gasteiger partial charge on any atom is -0.336 e. The van der Waals surface area contributed by atoms with Crippen LogP contribution >= 0.6 is 11.3 Å². The lowest BCUT2D eigenvalue weighted by Crippen LogP contribution is -2.38. The van der Waals surface area contributed by atoms with Gasteiger partial charge in [-0.2, -0.15) is 11.3 Å². The number of carbonyl (C=O) groups is 1. The van der Waals surface area contributed by atoms with E-state index in [4.69, 9.17) is 0 Å². The fourth-order valence-corrected chi connectivity index (χ4v) is 2.69. The summed E-state index contributed by atoms with van der Waals surface area (Å²) in [6, 6.07) is 2.68. The number of hydrogen-bond acceptors (Lipinski definition) is 3. The van der Waals surface area contributed by atoms with Crippen molar-refractivity contribution in [2.75, 3.05) is 26.2 Å². The van der Waals surface area contributed by atoms with Gasteiger partial charge in [-0.25, -0.2) is 4.79 Å². The molecule has 0 aliphatic carbocycles. The Morgan fingerprint density at radius 1 is 1.65 bits per heavy atom. The average molecular weight is 253 g/mol. The highest BCUT2D eigenvalue weighted by molar-refractivity contribution is 7.07. The largest absolute Gasteiger partial charge is 0.336 e. The number of urea groups is 1. The summed E-state index contributed by atoms with van der Waals surface area (Å²) in [6.45, 7) is 5.45. The van der Waals surface area contributed by atoms with Gasteiger partial charge in [0.15, 0.2) is 0 Å². The van der Waals surface area contributed by atoms with E-state index >= 15 is 0 Å². The predicted molar refractivity (Wildman–Crippen MR) is 70.5 cm³/mol. The molecular weight excluding hydrogens is 234 g/mol. The van der Waals surface area contributed by atoms with Gasteiger partial charge >= 0.3 is 6.03 Å². The maximum Gasteiger partial charge on any atom is 0.317 e. The van der Waals surface area contributed by atoms with Gasteiger partial charge in [-0.05, 0) is 35.7 Å². The molecule has 0 bridgehead atoms. The third kappa shape index (κ3) is 3.71. The summed E-state index contributed by atoms with van der Waals surface area (Å²) in [5.41, 5.74) is 1.38. The minimum atomic E-state index is 0.0669. The second-order valence-corrected chi connectivity index (χ2v) is 5.19. The summed E-state index contributed by atoms with van der Waals surface area (Å²) in [6.07, 6.45) is 1.05. The molecule has 4 nitrogen and oxygen atoms in total. The topological polar surface area (TPSA) is 44.4 Å². The first-order valence-electron chi connectivity index (χ1n) is 6.03. The summed E-state index contributed by atoms with van der Waals surface area (Å²) in [4.78, 5) is 13.1. The Kier molecular flexibility index (Phi) is 4.39. The van der Waals surface area contributed by atoms with Gasteiger partial charge in [-0.15, -0.1) is 0 Å². The average Bonchev–Trinajstić information content (AvgIpc) is 2.91. The number of rotatable bonds is 6. The lowest BCUT2D eigenvalue weighted by atomic mass is 10.1. The van der Waals surface area contributed by atoms with Gasteiger partial charge in [-0.1, -0.05) is 0 Å². The van der Waals surface area contributed by atoms with Gasteiger partial charge in [0, 0.05) is 32.2 Å². The fraction of sp³-hybridized carbons (Fsp3) is 0.583. The Balaban J connectivity index is 1.63. The van der Waals surface area contributed by atoms with E-state index in [1.807, 2.05) is 4.90 Å². The van der Waals surface area contributed by atoms with Crippen molar-refractivity contribution in [2.24, 2.45) is 0 Å². The van der Waals surface area contributed by atoms with E-state index < -0.39 is 0 Å². The Morgan fingerprint density at radius 2 is 2.53 bits per heavy atom. The van der Waals surface area contributed by atoms with E-state index in [1.54, 1.807) is 11.3 Å². The van der Waals surface area contributed by atoms with E-state index in [0.717, 1.165) is 32.6 Å². The van der Waals surface area contributed by atoms with Crippen molar-refractivity contribution >= 4 is 17.4 Å². The molecule has 2 amide bonds. The van der Waals surface area contributed by atoms with Crippen LogP contribution in [0.25, 0.3) is 0 Å². The third-order valence-corrected chi connectivity index (χ3v) is 3.67. The molecular formula is C12H19N3OS. The highest BCUT2D eigenvalue weighted by Crippen LogP contribution is 2.08. The maximum absolute atomic E-state index is 11.3. The molecule has 1 saturated heterocycles. The molecule has 94 valence electrons. The molecule has 0 saturated carbocycles. The molecule has 1 fully saturated rings. The number of amides is 2. The molecule has 5 heteroatoms. The Bertz CT molecular complexity index is 353. The van der Waals surface area contributed by atoms with E-state index in [0.29, 0.717) is 6.04 Å². The summed E-state index contributed by atoms with van der Waals surface area (Å²) in [7, 11) is 0. The van der Waals surface area contributed by atoms with Crippen molar-refractivity contribution in [3.8, 4) is 0 Å². The van der Waals surface area contributed by atoms with Gasteiger partial charge in [0.25, 0.3) is 0 Å². The normalized spacial score (nSPS) is 17.2. The molecule has 1 unspecified atom stereocenters. The van der Waals surface area contributed by atoms with Gasteiger partial charge in [0.05, 0.1) is 0 Å². The molecule has 17 heavy (non-hydrogen) atoms. The zero-order chi connectivity index (χ0) is 12.1. The lowest BCUT2D eigenvalue weighted by molar-refractivity contribution is 0.217. The van der Waals surface area contributed by atoms with Crippen LogP contribution in [-0.4, -0.2) is 43.2 Å². The second kappa shape index (κ2) is 6.02. The van der Waals surface area contributed by atoms with Crippen LogP contribution in [0.5, 0.6) is 0 Å². The molecule has 1 aliphatic rings. The molecule has 2 N–H and O–H groups in total. The van der Waals surface area contributed by atoms with E-state index in [9.17, 15) is 4.79 Å². The number of nitrogens with one attached hydrogen (secondary N) is 2. The first kappa shape index (κ1) is 12.4. The monoisotopic (exact) mass is 253 g/mol. The van der Waals surface area contributed by atoms with E-state index in [2.05, 4.69) is 34.4 Å². The zero-order valence-corrected chi connectivity index (χ0v) is 10.9. The highest BCUT2D eigenvalue weighted by Gasteiger charge is 2.18. The smallest absolute Gasteiger partial charge is 0.317 e. The van der Waals surface area contributed by atoms with Gasteiger partial charge < -0.3 is 15.5 Å². The fourth-order valence-electron chi connectivity index (χ4n) is 2.00. The SMILES string of the molecule is CC(Cc1ccsc1)NCCN1CCNC1=O. The van der Waals surface area contributed by atoms with Gasteiger partial charge in [0.2, 0.25) is 0 Å². The van der Waals surface area contributed by atoms with Crippen molar-refractivity contribution in [3.63, 3.8) is 0 Å². The van der Waals surface area contributed by atoms with Crippen LogP contribution in [0.15, 0.2) is 16.8 Å². The van der Waals surface area contributed by atoms with Crippen molar-refractivity contribution in [3.05, 3.63) is 22.4 Å². The van der Waals surface area contributed by atoms with Crippen molar-refractivity contribution in [1.82, 2.24) is 15.5 Å². The number of thiophene rings is 1. The van der Waals surface area contributed by atoms with Gasteiger partial charge in [0.1, 0.15) is 0 Å². The Labute approximate surface area is 106 Å². The van der Waals surface area contributed by atoms with Crippen molar-refractivity contribution < 1.29 is 4.79 Å². The first-order chi connectivity index (χ1) is 8.25. The zero-order valence-electron chi connectivity index (χ0n) is 10.1. The molecule has 0 radical (unpaired) electrons. The maximum atomic E-state index is 11.3. The predicted octanol–water partition coefficient (Wildman–Crippen LogP) is 1.29. The first-order valence-corrected chi connectivity index (χ1v) is 6.97. The second-order valence-electron chi connectivity index (χ2n) is 4.41. The standard InChI is InChI=1S/C12H19N3OS/c1-10(8-11-2-7-17-9-11)13-3-5-15-6-4-14-12(15)16/h2,7,9-10,13H,3-6,8H2,1H3,(H,14,16). The molecule has 2 heterocycles. The molecule has 1 aromatic rings. The molecule has 0 spiro atoms. The quantitative estimate of drug-likeness (QED) is 0.802. The highest BCUT2D eigenvalue weighted by atomic mass is 32.1. The molecule has 0 aromatic carbocycles. The number of carbonyl (C=O) groups excluding carboxylic acids is 1. The van der Waals surface area contributed by atoms with Crippen LogP contribution in [0.4, 0.5) is 4.79 Å². The van der Waals surface area contributed by atoms with Crippen LogP contribution in [0.3, 0.4) is 0 Å².